The molecule has 9 rings (SSSR count). The van der Waals surface area contributed by atoms with Crippen LogP contribution >= 0.6 is 11.3 Å². The second kappa shape index (κ2) is 18.6. The van der Waals surface area contributed by atoms with Crippen molar-refractivity contribution in [1.82, 2.24) is 14.5 Å². The van der Waals surface area contributed by atoms with E-state index in [1.807, 2.05) is 18.2 Å². The SMILES string of the molecule is CC(C)Cc1cc(-c2[c-]cccc2)ncc1[Si](C)(C)C.Cc1cc(-n2c(-c3[c-]sc4cc5ccc(CC(C)C)cc5cc34)nc3ccccc32)cc(C)c1-c1ccccc1.[Ir]. The van der Waals surface area contributed by atoms with Gasteiger partial charge in [-0.15, -0.1) is 41.3 Å². The molecule has 311 valence electrons. The number of nitrogens with zero attached hydrogens (tertiary/aromatic N) is 3. The Hall–Kier alpha value is -4.97. The average Bonchev–Trinajstić information content (AvgIpc) is 3.81. The molecule has 0 fully saturated rings. The molecule has 0 aliphatic rings. The summed E-state index contributed by atoms with van der Waals surface area (Å²) in [6.45, 7) is 20.7. The van der Waals surface area contributed by atoms with Gasteiger partial charge in [-0.1, -0.05) is 147 Å². The first-order valence-electron chi connectivity index (χ1n) is 21.3. The van der Waals surface area contributed by atoms with Gasteiger partial charge >= 0.3 is 0 Å². The van der Waals surface area contributed by atoms with E-state index < -0.39 is 8.07 Å². The van der Waals surface area contributed by atoms with Gasteiger partial charge in [0.2, 0.25) is 0 Å². The summed E-state index contributed by atoms with van der Waals surface area (Å²) in [7, 11) is -1.34. The third kappa shape index (κ3) is 9.59. The number of aryl methyl sites for hydroxylation is 2. The van der Waals surface area contributed by atoms with E-state index >= 15 is 0 Å². The fourth-order valence-corrected chi connectivity index (χ4v) is 11.1. The van der Waals surface area contributed by atoms with Crippen molar-refractivity contribution in [2.45, 2.75) is 74.0 Å². The molecule has 3 nitrogen and oxygen atoms in total. The molecule has 0 aliphatic carbocycles. The maximum atomic E-state index is 5.20. The number of hydrogen-bond acceptors (Lipinski definition) is 3. The number of fused-ring (bicyclic) bond motifs is 3. The van der Waals surface area contributed by atoms with Crippen LogP contribution in [0.2, 0.25) is 19.6 Å². The maximum Gasteiger partial charge on any atom is 0.0798 e. The van der Waals surface area contributed by atoms with Gasteiger partial charge in [0.15, 0.2) is 0 Å². The third-order valence-electron chi connectivity index (χ3n) is 11.2. The van der Waals surface area contributed by atoms with E-state index in [9.17, 15) is 0 Å². The standard InChI is InChI=1S/C37H31N2S.C18H24NSi.Ir/c1-23(2)16-26-14-15-28-21-35-31(20-29(28)19-26)32(22-40-35)37-38-33-12-8-9-13-34(33)39(37)30-17-24(3)36(25(4)18-30)27-10-6-5-7-11-27;1-14(2)11-16-12-17(15-9-7-6-8-10-15)19-13-18(16)20(3,4)5;/h5-15,17-21,23H,16H2,1-4H3;6-9,12-14H,11H2,1-5H3;/q2*-1;. The smallest absolute Gasteiger partial charge is 0.0798 e. The van der Waals surface area contributed by atoms with Crippen LogP contribution < -0.4 is 5.19 Å². The summed E-state index contributed by atoms with van der Waals surface area (Å²) < 4.78 is 3.56. The summed E-state index contributed by atoms with van der Waals surface area (Å²) in [6.07, 6.45) is 4.33. The second-order valence-corrected chi connectivity index (χ2v) is 24.0. The molecule has 1 radical (unpaired) electrons. The Morgan fingerprint density at radius 3 is 2.11 bits per heavy atom. The molecule has 6 heteroatoms. The number of aromatic nitrogens is 3. The molecule has 0 N–H and O–H groups in total. The molecular weight excluding hydrogens is 955 g/mol. The molecule has 3 aromatic heterocycles. The molecule has 0 atom stereocenters. The first kappa shape index (κ1) is 44.1. The predicted octanol–water partition coefficient (Wildman–Crippen LogP) is 14.6. The van der Waals surface area contributed by atoms with Crippen LogP contribution in [0.5, 0.6) is 0 Å². The fraction of sp³-hybridized carbons (Fsp3) is 0.236. The van der Waals surface area contributed by atoms with Crippen LogP contribution in [0.25, 0.3) is 71.4 Å². The molecule has 3 heterocycles. The molecule has 0 spiro atoms. The zero-order chi connectivity index (χ0) is 42.1. The monoisotopic (exact) mass is 1010 g/mol. The van der Waals surface area contributed by atoms with Crippen LogP contribution in [0.3, 0.4) is 0 Å². The minimum Gasteiger partial charge on any atom is -0.333 e. The van der Waals surface area contributed by atoms with Crippen LogP contribution in [0, 0.1) is 37.1 Å². The van der Waals surface area contributed by atoms with Crippen LogP contribution in [0.4, 0.5) is 0 Å². The zero-order valence-corrected chi connectivity index (χ0v) is 41.1. The van der Waals surface area contributed by atoms with E-state index in [4.69, 9.17) is 4.98 Å². The molecule has 6 aromatic carbocycles. The average molecular weight is 1010 g/mol. The molecule has 0 unspecified atom stereocenters. The van der Waals surface area contributed by atoms with Crippen LogP contribution in [0.1, 0.15) is 49.9 Å². The van der Waals surface area contributed by atoms with Crippen molar-refractivity contribution in [1.29, 1.82) is 0 Å². The van der Waals surface area contributed by atoms with Gasteiger partial charge in [0.25, 0.3) is 0 Å². The quantitative estimate of drug-likeness (QED) is 0.107. The van der Waals surface area contributed by atoms with Gasteiger partial charge in [-0.05, 0) is 112 Å². The summed E-state index contributed by atoms with van der Waals surface area (Å²) in [6, 6.07) is 48.9. The number of thiophene rings is 1. The molecular formula is C55H55IrN3SSi-2. The summed E-state index contributed by atoms with van der Waals surface area (Å²) in [5, 5.41) is 8.91. The fourth-order valence-electron chi connectivity index (χ4n) is 8.60. The van der Waals surface area contributed by atoms with Gasteiger partial charge in [0, 0.05) is 32.0 Å². The van der Waals surface area contributed by atoms with Crippen LogP contribution in [-0.4, -0.2) is 22.6 Å². The van der Waals surface area contributed by atoms with Crippen LogP contribution in [0.15, 0.2) is 134 Å². The van der Waals surface area contributed by atoms with E-state index in [2.05, 4.69) is 198 Å². The topological polar surface area (TPSA) is 30.7 Å². The van der Waals surface area contributed by atoms with Crippen molar-refractivity contribution in [3.05, 3.63) is 167 Å². The van der Waals surface area contributed by atoms with Crippen molar-refractivity contribution in [2.24, 2.45) is 11.8 Å². The van der Waals surface area contributed by atoms with Gasteiger partial charge in [-0.25, -0.2) is 0 Å². The minimum atomic E-state index is -1.34. The first-order valence-corrected chi connectivity index (χ1v) is 25.6. The summed E-state index contributed by atoms with van der Waals surface area (Å²) >= 11 is 1.68. The van der Waals surface area contributed by atoms with Gasteiger partial charge in [-0.2, -0.15) is 0 Å². The van der Waals surface area contributed by atoms with Gasteiger partial charge in [0.05, 0.1) is 24.9 Å². The Labute approximate surface area is 381 Å². The largest absolute Gasteiger partial charge is 0.333 e. The molecule has 0 saturated heterocycles. The normalized spacial score (nSPS) is 11.7. The van der Waals surface area contributed by atoms with Crippen molar-refractivity contribution in [2.75, 3.05) is 0 Å². The zero-order valence-electron chi connectivity index (χ0n) is 36.9. The van der Waals surface area contributed by atoms with E-state index in [0.29, 0.717) is 11.8 Å². The second-order valence-electron chi connectivity index (χ2n) is 18.1. The number of rotatable bonds is 9. The van der Waals surface area contributed by atoms with Gasteiger partial charge in [-0.3, -0.25) is 16.3 Å². The summed E-state index contributed by atoms with van der Waals surface area (Å²) in [4.78, 5) is 9.88. The van der Waals surface area contributed by atoms with E-state index in [1.165, 1.54) is 59.4 Å². The molecule has 0 saturated carbocycles. The number of pyridine rings is 1. The van der Waals surface area contributed by atoms with Crippen LogP contribution in [-0.2, 0) is 32.9 Å². The molecule has 9 aromatic rings. The number of imidazole rings is 1. The van der Waals surface area contributed by atoms with Gasteiger partial charge < -0.3 is 9.55 Å². The number of hydrogen-bond donors (Lipinski definition) is 0. The number of benzene rings is 6. The molecule has 0 aliphatic heterocycles. The molecule has 0 amide bonds. The Morgan fingerprint density at radius 1 is 0.721 bits per heavy atom. The minimum absolute atomic E-state index is 0. The Bertz CT molecular complexity index is 2920. The van der Waals surface area contributed by atoms with Crippen molar-refractivity contribution in [3.8, 4) is 39.5 Å². The predicted molar refractivity (Wildman–Crippen MR) is 262 cm³/mol. The maximum absolute atomic E-state index is 5.20. The Morgan fingerprint density at radius 2 is 1.43 bits per heavy atom. The summed E-state index contributed by atoms with van der Waals surface area (Å²) in [5.41, 5.74) is 14.3. The van der Waals surface area contributed by atoms with Crippen molar-refractivity contribution < 1.29 is 20.1 Å². The van der Waals surface area contributed by atoms with E-state index in [1.54, 1.807) is 11.3 Å². The van der Waals surface area contributed by atoms with Gasteiger partial charge in [0.1, 0.15) is 0 Å². The molecule has 61 heavy (non-hydrogen) atoms. The summed E-state index contributed by atoms with van der Waals surface area (Å²) in [5.74, 6) is 2.24. The van der Waals surface area contributed by atoms with E-state index in [-0.39, 0.29) is 20.1 Å². The Balaban J connectivity index is 0.000000226. The van der Waals surface area contributed by atoms with E-state index in [0.717, 1.165) is 52.2 Å². The van der Waals surface area contributed by atoms with Crippen molar-refractivity contribution in [3.63, 3.8) is 0 Å². The first-order chi connectivity index (χ1) is 28.8. The molecule has 0 bridgehead atoms. The third-order valence-corrected chi connectivity index (χ3v) is 14.1. The van der Waals surface area contributed by atoms with Crippen molar-refractivity contribution >= 4 is 56.5 Å². The Kier molecular flexibility index (Phi) is 13.4. The number of para-hydroxylation sites is 2.